The highest BCUT2D eigenvalue weighted by molar-refractivity contribution is 5.77. The van der Waals surface area contributed by atoms with E-state index in [2.05, 4.69) is 5.32 Å². The summed E-state index contributed by atoms with van der Waals surface area (Å²) in [5.41, 5.74) is 5.37. The molecule has 0 aromatic carbocycles. The molecule has 1 heterocycles. The molecule has 0 bridgehead atoms. The van der Waals surface area contributed by atoms with E-state index in [0.717, 1.165) is 6.42 Å². The van der Waals surface area contributed by atoms with Crippen LogP contribution in [0.4, 0.5) is 4.79 Å². The van der Waals surface area contributed by atoms with Gasteiger partial charge in [-0.2, -0.15) is 0 Å². The number of hydrogen-bond donors (Lipinski definition) is 3. The van der Waals surface area contributed by atoms with Crippen molar-refractivity contribution in [1.29, 1.82) is 0 Å². The van der Waals surface area contributed by atoms with Gasteiger partial charge in [-0.3, -0.25) is 4.79 Å². The molecule has 2 unspecified atom stereocenters. The molecule has 0 spiro atoms. The number of amides is 2. The van der Waals surface area contributed by atoms with Gasteiger partial charge >= 0.3 is 12.0 Å². The fraction of sp³-hybridized carbons (Fsp3) is 0.833. The zero-order valence-electron chi connectivity index (χ0n) is 11.3. The maximum atomic E-state index is 12.1. The van der Waals surface area contributed by atoms with Crippen LogP contribution in [0.3, 0.4) is 0 Å². The summed E-state index contributed by atoms with van der Waals surface area (Å²) in [6, 6.07) is -0.632. The molecule has 0 aromatic heterocycles. The third-order valence-corrected chi connectivity index (χ3v) is 3.15. The lowest BCUT2D eigenvalue weighted by molar-refractivity contribution is -0.142. The van der Waals surface area contributed by atoms with E-state index in [9.17, 15) is 9.59 Å². The SMILES string of the molecule is CCCN(C(=O)NCCCN)C1COCC1C(=O)O. The van der Waals surface area contributed by atoms with E-state index in [1.807, 2.05) is 6.92 Å². The molecular weight excluding hydrogens is 250 g/mol. The Labute approximate surface area is 113 Å². The number of carbonyl (C=O) groups is 2. The maximum absolute atomic E-state index is 12.1. The summed E-state index contributed by atoms with van der Waals surface area (Å²) in [5.74, 6) is -1.56. The van der Waals surface area contributed by atoms with E-state index >= 15 is 0 Å². The van der Waals surface area contributed by atoms with Crippen molar-refractivity contribution in [1.82, 2.24) is 10.2 Å². The van der Waals surface area contributed by atoms with E-state index in [0.29, 0.717) is 26.1 Å². The summed E-state index contributed by atoms with van der Waals surface area (Å²) in [7, 11) is 0. The normalized spacial score (nSPS) is 22.2. The maximum Gasteiger partial charge on any atom is 0.317 e. The third-order valence-electron chi connectivity index (χ3n) is 3.15. The number of ether oxygens (including phenoxy) is 1. The summed E-state index contributed by atoms with van der Waals surface area (Å²) in [6.45, 7) is 3.93. The second kappa shape index (κ2) is 7.96. The average Bonchev–Trinajstić information content (AvgIpc) is 2.85. The van der Waals surface area contributed by atoms with Gasteiger partial charge in [0.2, 0.25) is 0 Å². The first kappa shape index (κ1) is 15.7. The molecule has 1 aliphatic heterocycles. The molecule has 1 saturated heterocycles. The molecule has 4 N–H and O–H groups in total. The van der Waals surface area contributed by atoms with Crippen LogP contribution in [0.25, 0.3) is 0 Å². The van der Waals surface area contributed by atoms with E-state index in [1.165, 1.54) is 0 Å². The second-order valence-corrected chi connectivity index (χ2v) is 4.62. The van der Waals surface area contributed by atoms with Crippen molar-refractivity contribution >= 4 is 12.0 Å². The molecule has 2 amide bonds. The van der Waals surface area contributed by atoms with Crippen molar-refractivity contribution in [3.63, 3.8) is 0 Å². The van der Waals surface area contributed by atoms with Gasteiger partial charge in [0.1, 0.15) is 5.92 Å². The first-order valence-electron chi connectivity index (χ1n) is 6.66. The second-order valence-electron chi connectivity index (χ2n) is 4.62. The monoisotopic (exact) mass is 273 g/mol. The Morgan fingerprint density at radius 1 is 1.47 bits per heavy atom. The number of carboxylic acids is 1. The van der Waals surface area contributed by atoms with Gasteiger partial charge in [-0.1, -0.05) is 6.92 Å². The van der Waals surface area contributed by atoms with Gasteiger partial charge in [0.05, 0.1) is 19.3 Å². The van der Waals surface area contributed by atoms with E-state index < -0.39 is 17.9 Å². The fourth-order valence-corrected chi connectivity index (χ4v) is 2.14. The molecule has 0 aliphatic carbocycles. The van der Waals surface area contributed by atoms with Gasteiger partial charge < -0.3 is 25.8 Å². The van der Waals surface area contributed by atoms with Gasteiger partial charge in [0, 0.05) is 13.1 Å². The number of rotatable bonds is 7. The third kappa shape index (κ3) is 4.36. The van der Waals surface area contributed by atoms with Crippen molar-refractivity contribution in [2.45, 2.75) is 25.8 Å². The zero-order chi connectivity index (χ0) is 14.3. The van der Waals surface area contributed by atoms with Crippen molar-refractivity contribution in [2.75, 3.05) is 32.8 Å². The topological polar surface area (TPSA) is 105 Å². The largest absolute Gasteiger partial charge is 0.481 e. The van der Waals surface area contributed by atoms with Crippen LogP contribution in [0.1, 0.15) is 19.8 Å². The molecule has 1 fully saturated rings. The van der Waals surface area contributed by atoms with Crippen molar-refractivity contribution < 1.29 is 19.4 Å². The summed E-state index contributed by atoms with van der Waals surface area (Å²) >= 11 is 0. The average molecular weight is 273 g/mol. The van der Waals surface area contributed by atoms with Gasteiger partial charge in [-0.05, 0) is 19.4 Å². The quantitative estimate of drug-likeness (QED) is 0.560. The highest BCUT2D eigenvalue weighted by atomic mass is 16.5. The smallest absolute Gasteiger partial charge is 0.317 e. The fourth-order valence-electron chi connectivity index (χ4n) is 2.14. The summed E-state index contributed by atoms with van der Waals surface area (Å²) in [6.07, 6.45) is 1.47. The number of urea groups is 1. The molecule has 0 aromatic rings. The van der Waals surface area contributed by atoms with Crippen LogP contribution in [0.15, 0.2) is 0 Å². The first-order valence-corrected chi connectivity index (χ1v) is 6.66. The predicted molar refractivity (Wildman–Crippen MR) is 69.8 cm³/mol. The highest BCUT2D eigenvalue weighted by Gasteiger charge is 2.39. The van der Waals surface area contributed by atoms with E-state index in [1.54, 1.807) is 4.90 Å². The number of nitrogens with one attached hydrogen (secondary N) is 1. The van der Waals surface area contributed by atoms with Gasteiger partial charge in [0.25, 0.3) is 0 Å². The molecule has 19 heavy (non-hydrogen) atoms. The van der Waals surface area contributed by atoms with Crippen LogP contribution in [0, 0.1) is 5.92 Å². The number of carbonyl (C=O) groups excluding carboxylic acids is 1. The molecule has 1 aliphatic rings. The van der Waals surface area contributed by atoms with E-state index in [4.69, 9.17) is 15.6 Å². The molecule has 2 atom stereocenters. The number of nitrogens with zero attached hydrogens (tertiary/aromatic N) is 1. The summed E-state index contributed by atoms with van der Waals surface area (Å²) in [5, 5.41) is 11.9. The lowest BCUT2D eigenvalue weighted by atomic mass is 10.0. The minimum absolute atomic E-state index is 0.163. The predicted octanol–water partition coefficient (Wildman–Crippen LogP) is -0.144. The lowest BCUT2D eigenvalue weighted by Crippen LogP contribution is -2.51. The van der Waals surface area contributed by atoms with Crippen LogP contribution in [-0.4, -0.2) is 60.9 Å². The number of carboxylic acid groups (broad SMARTS) is 1. The Hall–Kier alpha value is -1.34. The van der Waals surface area contributed by atoms with Crippen LogP contribution < -0.4 is 11.1 Å². The minimum atomic E-state index is -0.918. The Kier molecular flexibility index (Phi) is 6.58. The van der Waals surface area contributed by atoms with Crippen LogP contribution in [0.2, 0.25) is 0 Å². The molecular formula is C12H23N3O4. The number of hydrogen-bond acceptors (Lipinski definition) is 4. The Balaban J connectivity index is 2.64. The Morgan fingerprint density at radius 2 is 2.21 bits per heavy atom. The van der Waals surface area contributed by atoms with Gasteiger partial charge in [-0.15, -0.1) is 0 Å². The van der Waals surface area contributed by atoms with Crippen molar-refractivity contribution in [3.05, 3.63) is 0 Å². The molecule has 1 rings (SSSR count). The highest BCUT2D eigenvalue weighted by Crippen LogP contribution is 2.20. The Morgan fingerprint density at radius 3 is 2.79 bits per heavy atom. The minimum Gasteiger partial charge on any atom is -0.481 e. The standard InChI is InChI=1S/C12H23N3O4/c1-2-6-15(12(18)14-5-3-4-13)10-8-19-7-9(10)11(16)17/h9-10H,2-8,13H2,1H3,(H,14,18)(H,16,17). The van der Waals surface area contributed by atoms with Gasteiger partial charge in [-0.25, -0.2) is 4.79 Å². The summed E-state index contributed by atoms with van der Waals surface area (Å²) < 4.78 is 5.21. The van der Waals surface area contributed by atoms with Crippen LogP contribution in [-0.2, 0) is 9.53 Å². The molecule has 7 nitrogen and oxygen atoms in total. The van der Waals surface area contributed by atoms with Crippen molar-refractivity contribution in [3.8, 4) is 0 Å². The van der Waals surface area contributed by atoms with Crippen molar-refractivity contribution in [2.24, 2.45) is 11.7 Å². The first-order chi connectivity index (χ1) is 9.11. The molecule has 0 saturated carbocycles. The number of nitrogens with two attached hydrogens (primary N) is 1. The number of aliphatic carboxylic acids is 1. The Bertz CT molecular complexity index is 311. The molecule has 0 radical (unpaired) electrons. The molecule has 110 valence electrons. The van der Waals surface area contributed by atoms with Crippen LogP contribution in [0.5, 0.6) is 0 Å². The summed E-state index contributed by atoms with van der Waals surface area (Å²) in [4.78, 5) is 24.8. The van der Waals surface area contributed by atoms with E-state index in [-0.39, 0.29) is 19.2 Å². The van der Waals surface area contributed by atoms with Gasteiger partial charge in [0.15, 0.2) is 0 Å². The molecule has 7 heteroatoms. The lowest BCUT2D eigenvalue weighted by Gasteiger charge is -2.30. The zero-order valence-corrected chi connectivity index (χ0v) is 11.3. The van der Waals surface area contributed by atoms with Crippen LogP contribution >= 0.6 is 0 Å².